The minimum atomic E-state index is 0.636. The predicted octanol–water partition coefficient (Wildman–Crippen LogP) is 3.46. The Labute approximate surface area is 116 Å². The maximum atomic E-state index is 4.49. The fourth-order valence-corrected chi connectivity index (χ4v) is 2.76. The van der Waals surface area contributed by atoms with Crippen molar-refractivity contribution < 1.29 is 0 Å². The lowest BCUT2D eigenvalue weighted by molar-refractivity contribution is 0.552. The molecule has 0 aromatic carbocycles. The van der Waals surface area contributed by atoms with Crippen LogP contribution in [0, 0.1) is 0 Å². The van der Waals surface area contributed by atoms with Crippen LogP contribution in [0.25, 0.3) is 0 Å². The van der Waals surface area contributed by atoms with E-state index in [9.17, 15) is 0 Å². The summed E-state index contributed by atoms with van der Waals surface area (Å²) in [6, 6.07) is 2.74. The third kappa shape index (κ3) is 3.82. The smallest absolute Gasteiger partial charge is 0.134 e. The molecule has 0 bridgehead atoms. The van der Waals surface area contributed by atoms with Gasteiger partial charge in [-0.15, -0.1) is 0 Å². The molecule has 0 saturated carbocycles. The lowest BCUT2D eigenvalue weighted by Gasteiger charge is -2.30. The Hall–Kier alpha value is -1.32. The van der Waals surface area contributed by atoms with E-state index in [2.05, 4.69) is 40.1 Å². The molecule has 2 rings (SSSR count). The summed E-state index contributed by atoms with van der Waals surface area (Å²) in [7, 11) is 0. The van der Waals surface area contributed by atoms with Crippen LogP contribution >= 0.6 is 0 Å². The average molecular weight is 262 g/mol. The molecule has 1 aromatic heterocycles. The molecule has 0 amide bonds. The third-order valence-electron chi connectivity index (χ3n) is 3.85. The van der Waals surface area contributed by atoms with Crippen molar-refractivity contribution in [2.24, 2.45) is 0 Å². The molecule has 106 valence electrons. The van der Waals surface area contributed by atoms with Gasteiger partial charge in [-0.2, -0.15) is 0 Å². The summed E-state index contributed by atoms with van der Waals surface area (Å²) in [6.07, 6.45) is 9.25. The molecule has 1 unspecified atom stereocenters. The van der Waals surface area contributed by atoms with Crippen LogP contribution in [0.15, 0.2) is 12.4 Å². The number of aromatic nitrogens is 2. The summed E-state index contributed by atoms with van der Waals surface area (Å²) in [5.41, 5.74) is 0. The van der Waals surface area contributed by atoms with E-state index >= 15 is 0 Å². The molecule has 0 radical (unpaired) electrons. The van der Waals surface area contributed by atoms with Crippen molar-refractivity contribution >= 4 is 11.6 Å². The number of nitrogens with zero attached hydrogens (tertiary/aromatic N) is 3. The molecular weight excluding hydrogens is 236 g/mol. The van der Waals surface area contributed by atoms with Crippen LogP contribution in [0.4, 0.5) is 11.6 Å². The number of nitrogens with one attached hydrogen (secondary N) is 1. The van der Waals surface area contributed by atoms with Gasteiger partial charge < -0.3 is 10.2 Å². The zero-order chi connectivity index (χ0) is 13.5. The minimum Gasteiger partial charge on any atom is -0.370 e. The Morgan fingerprint density at radius 2 is 2.16 bits per heavy atom. The number of hydrogen-bond acceptors (Lipinski definition) is 4. The molecule has 1 fully saturated rings. The molecule has 2 heterocycles. The lowest BCUT2D eigenvalue weighted by atomic mass is 10.1. The third-order valence-corrected chi connectivity index (χ3v) is 3.85. The van der Waals surface area contributed by atoms with Crippen molar-refractivity contribution in [1.82, 2.24) is 9.97 Å². The van der Waals surface area contributed by atoms with Gasteiger partial charge in [-0.25, -0.2) is 9.97 Å². The Kier molecular flexibility index (Phi) is 5.43. The Bertz CT molecular complexity index is 380. The molecule has 1 atom stereocenters. The van der Waals surface area contributed by atoms with Crippen molar-refractivity contribution in [2.45, 2.75) is 58.4 Å². The van der Waals surface area contributed by atoms with Gasteiger partial charge in [0.25, 0.3) is 0 Å². The van der Waals surface area contributed by atoms with E-state index < -0.39 is 0 Å². The van der Waals surface area contributed by atoms with Crippen LogP contribution in [-0.2, 0) is 0 Å². The van der Waals surface area contributed by atoms with Crippen LogP contribution < -0.4 is 10.2 Å². The van der Waals surface area contributed by atoms with E-state index in [4.69, 9.17) is 0 Å². The summed E-state index contributed by atoms with van der Waals surface area (Å²) in [5, 5.41) is 3.34. The zero-order valence-electron chi connectivity index (χ0n) is 12.2. The van der Waals surface area contributed by atoms with E-state index in [1.165, 1.54) is 32.1 Å². The Balaban J connectivity index is 2.13. The highest BCUT2D eigenvalue weighted by Gasteiger charge is 2.20. The highest BCUT2D eigenvalue weighted by atomic mass is 15.2. The SMILES string of the molecule is CCCNc1cc(N2CCCCCC2CC)ncn1. The maximum Gasteiger partial charge on any atom is 0.134 e. The van der Waals surface area contributed by atoms with Crippen LogP contribution in [-0.4, -0.2) is 29.1 Å². The molecule has 19 heavy (non-hydrogen) atoms. The Morgan fingerprint density at radius 1 is 1.26 bits per heavy atom. The first kappa shape index (κ1) is 14.1. The van der Waals surface area contributed by atoms with Gasteiger partial charge in [0.15, 0.2) is 0 Å². The number of rotatable bonds is 5. The van der Waals surface area contributed by atoms with E-state index in [0.717, 1.165) is 31.1 Å². The normalized spacial score (nSPS) is 20.1. The number of hydrogen-bond donors (Lipinski definition) is 1. The molecule has 4 nitrogen and oxygen atoms in total. The standard InChI is InChI=1S/C15H26N4/c1-3-9-16-14-11-15(18-12-17-14)19-10-7-5-6-8-13(19)4-2/h11-13H,3-10H2,1-2H3,(H,16,17,18). The van der Waals surface area contributed by atoms with E-state index in [-0.39, 0.29) is 0 Å². The first-order chi connectivity index (χ1) is 9.35. The summed E-state index contributed by atoms with van der Waals surface area (Å²) in [5.74, 6) is 2.04. The molecule has 1 saturated heterocycles. The zero-order valence-corrected chi connectivity index (χ0v) is 12.2. The van der Waals surface area contributed by atoms with Gasteiger partial charge >= 0.3 is 0 Å². The second-order valence-corrected chi connectivity index (χ2v) is 5.29. The van der Waals surface area contributed by atoms with Gasteiger partial charge in [-0.1, -0.05) is 26.7 Å². The van der Waals surface area contributed by atoms with E-state index in [0.29, 0.717) is 6.04 Å². The van der Waals surface area contributed by atoms with Crippen LogP contribution in [0.5, 0.6) is 0 Å². The van der Waals surface area contributed by atoms with Crippen molar-refractivity contribution in [3.8, 4) is 0 Å². The molecule has 1 aliphatic heterocycles. The van der Waals surface area contributed by atoms with Crippen LogP contribution in [0.2, 0.25) is 0 Å². The molecule has 0 aliphatic carbocycles. The summed E-state index contributed by atoms with van der Waals surface area (Å²) in [4.78, 5) is 11.3. The highest BCUT2D eigenvalue weighted by Crippen LogP contribution is 2.25. The average Bonchev–Trinajstić information content (AvgIpc) is 2.70. The van der Waals surface area contributed by atoms with Gasteiger partial charge in [0.1, 0.15) is 18.0 Å². The quantitative estimate of drug-likeness (QED) is 0.882. The first-order valence-electron chi connectivity index (χ1n) is 7.67. The van der Waals surface area contributed by atoms with Crippen molar-refractivity contribution in [3.05, 3.63) is 12.4 Å². The first-order valence-corrected chi connectivity index (χ1v) is 7.67. The summed E-state index contributed by atoms with van der Waals surface area (Å²) in [6.45, 7) is 6.54. The van der Waals surface area contributed by atoms with Gasteiger partial charge in [-0.3, -0.25) is 0 Å². The molecule has 4 heteroatoms. The summed E-state index contributed by atoms with van der Waals surface area (Å²) >= 11 is 0. The fourth-order valence-electron chi connectivity index (χ4n) is 2.76. The monoisotopic (exact) mass is 262 g/mol. The minimum absolute atomic E-state index is 0.636. The number of anilines is 2. The van der Waals surface area contributed by atoms with Gasteiger partial charge in [0.05, 0.1) is 0 Å². The van der Waals surface area contributed by atoms with Crippen molar-refractivity contribution in [2.75, 3.05) is 23.3 Å². The second kappa shape index (κ2) is 7.31. The van der Waals surface area contributed by atoms with Gasteiger partial charge in [0, 0.05) is 25.2 Å². The van der Waals surface area contributed by atoms with Crippen LogP contribution in [0.3, 0.4) is 0 Å². The second-order valence-electron chi connectivity index (χ2n) is 5.29. The van der Waals surface area contributed by atoms with Gasteiger partial charge in [-0.05, 0) is 25.7 Å². The van der Waals surface area contributed by atoms with E-state index in [1.807, 2.05) is 0 Å². The molecular formula is C15H26N4. The lowest BCUT2D eigenvalue weighted by Crippen LogP contribution is -2.35. The summed E-state index contributed by atoms with van der Waals surface area (Å²) < 4.78 is 0. The highest BCUT2D eigenvalue weighted by molar-refractivity contribution is 5.49. The molecule has 1 aromatic rings. The fraction of sp³-hybridized carbons (Fsp3) is 0.733. The van der Waals surface area contributed by atoms with Crippen LogP contribution in [0.1, 0.15) is 52.4 Å². The van der Waals surface area contributed by atoms with E-state index in [1.54, 1.807) is 6.33 Å². The molecule has 0 spiro atoms. The van der Waals surface area contributed by atoms with Gasteiger partial charge in [0.2, 0.25) is 0 Å². The maximum absolute atomic E-state index is 4.49. The largest absolute Gasteiger partial charge is 0.370 e. The molecule has 1 N–H and O–H groups in total. The predicted molar refractivity (Wildman–Crippen MR) is 80.7 cm³/mol. The van der Waals surface area contributed by atoms with Crippen molar-refractivity contribution in [1.29, 1.82) is 0 Å². The van der Waals surface area contributed by atoms with Crippen molar-refractivity contribution in [3.63, 3.8) is 0 Å². The Morgan fingerprint density at radius 3 is 2.95 bits per heavy atom. The molecule has 1 aliphatic rings. The topological polar surface area (TPSA) is 41.0 Å².